The summed E-state index contributed by atoms with van der Waals surface area (Å²) in [6.07, 6.45) is 7.30. The van der Waals surface area contributed by atoms with Gasteiger partial charge >= 0.3 is 11.9 Å². The van der Waals surface area contributed by atoms with E-state index >= 15 is 0 Å². The number of phenolic OH excluding ortho intramolecular Hbond substituents is 1. The Morgan fingerprint density at radius 3 is 2.48 bits per heavy atom. The van der Waals surface area contributed by atoms with Crippen LogP contribution in [0.25, 0.3) is 0 Å². The molecule has 0 amide bonds. The Labute approximate surface area is 235 Å². The third kappa shape index (κ3) is 3.93. The number of benzene rings is 1. The first-order chi connectivity index (χ1) is 18.6. The molecule has 4 heterocycles. The first-order valence-electron chi connectivity index (χ1n) is 14.3. The molecule has 40 heavy (non-hydrogen) atoms. The number of hydrogen-bond donors (Lipinski definition) is 2. The van der Waals surface area contributed by atoms with Crippen LogP contribution in [0, 0.1) is 24.2 Å². The summed E-state index contributed by atoms with van der Waals surface area (Å²) in [5, 5.41) is 22.4. The predicted octanol–water partition coefficient (Wildman–Crippen LogP) is 4.82. The minimum atomic E-state index is -1.54. The van der Waals surface area contributed by atoms with Gasteiger partial charge in [-0.05, 0) is 87.5 Å². The monoisotopic (exact) mass is 552 g/mol. The highest BCUT2D eigenvalue weighted by atomic mass is 16.8. The van der Waals surface area contributed by atoms with Gasteiger partial charge in [0, 0.05) is 24.5 Å². The number of fused-ring (bicyclic) bond motifs is 3. The molecule has 2 saturated heterocycles. The lowest BCUT2D eigenvalue weighted by atomic mass is 9.64. The zero-order valence-corrected chi connectivity index (χ0v) is 24.2. The maximum absolute atomic E-state index is 12.8. The Morgan fingerprint density at radius 1 is 0.975 bits per heavy atom. The molecule has 1 aromatic carbocycles. The minimum absolute atomic E-state index is 0.00872. The topological polar surface area (TPSA) is 112 Å². The van der Waals surface area contributed by atoms with Crippen LogP contribution in [0.5, 0.6) is 11.5 Å². The minimum Gasteiger partial charge on any atom is -0.508 e. The average molecular weight is 553 g/mol. The Kier molecular flexibility index (Phi) is 5.87. The number of aliphatic hydroxyl groups excluding tert-OH is 1. The summed E-state index contributed by atoms with van der Waals surface area (Å²) in [4.78, 5) is 25.3. The van der Waals surface area contributed by atoms with Crippen LogP contribution in [0.2, 0.25) is 0 Å². The molecular formula is C32H40O8. The van der Waals surface area contributed by atoms with Crippen molar-refractivity contribution in [1.29, 1.82) is 0 Å². The highest BCUT2D eigenvalue weighted by molar-refractivity contribution is 5.87. The van der Waals surface area contributed by atoms with Gasteiger partial charge in [-0.3, -0.25) is 4.79 Å². The Balaban J connectivity index is 1.45. The van der Waals surface area contributed by atoms with Crippen LogP contribution in [0.4, 0.5) is 0 Å². The first-order valence-corrected chi connectivity index (χ1v) is 14.3. The van der Waals surface area contributed by atoms with Gasteiger partial charge in [-0.1, -0.05) is 26.0 Å². The SMILES string of the molecule is CC1=CC(=O)OC23CC(=O)OC12CC1CC(O)C2(C)Oc4cc(O)cc(C)c4CC2CC(C)(C)C=CCC1(C)O3. The normalized spacial score (nSPS) is 41.9. The van der Waals surface area contributed by atoms with E-state index in [2.05, 4.69) is 26.0 Å². The molecule has 0 spiro atoms. The number of hydrogen-bond acceptors (Lipinski definition) is 8. The Morgan fingerprint density at radius 2 is 1.73 bits per heavy atom. The fourth-order valence-electron chi connectivity index (χ4n) is 8.01. The third-order valence-corrected chi connectivity index (χ3v) is 10.4. The standard InChI is InChI=1S/C32H40O8/c1-18-10-22(33)14-24-23(18)12-21-15-28(3,4)8-7-9-29(5)20(13-25(34)30(21,6)37-24)16-31-19(2)11-26(35)39-32(31,40-29)17-27(36)38-31/h7-8,10-11,14,20-21,25,33-34H,9,12-13,15-17H2,1-6H3. The molecule has 8 nitrogen and oxygen atoms in total. The van der Waals surface area contributed by atoms with E-state index in [1.807, 2.05) is 20.8 Å². The summed E-state index contributed by atoms with van der Waals surface area (Å²) in [6, 6.07) is 3.39. The van der Waals surface area contributed by atoms with Crippen molar-refractivity contribution in [1.82, 2.24) is 0 Å². The van der Waals surface area contributed by atoms with Crippen LogP contribution in [0.3, 0.4) is 0 Å². The number of aromatic hydroxyl groups is 1. The average Bonchev–Trinajstić information content (AvgIpc) is 3.10. The number of carbonyl (C=O) groups excluding carboxylic acids is 2. The van der Waals surface area contributed by atoms with Gasteiger partial charge in [-0.25, -0.2) is 4.79 Å². The van der Waals surface area contributed by atoms with Crippen molar-refractivity contribution in [3.05, 3.63) is 47.1 Å². The highest BCUT2D eigenvalue weighted by Crippen LogP contribution is 2.60. The number of esters is 2. The molecular weight excluding hydrogens is 512 g/mol. The quantitative estimate of drug-likeness (QED) is 0.348. The van der Waals surface area contributed by atoms with Gasteiger partial charge in [0.05, 0.1) is 11.7 Å². The van der Waals surface area contributed by atoms with E-state index in [0.717, 1.165) is 17.5 Å². The van der Waals surface area contributed by atoms with Crippen molar-refractivity contribution in [3.8, 4) is 11.5 Å². The molecule has 4 aliphatic heterocycles. The molecule has 1 aromatic rings. The van der Waals surface area contributed by atoms with Gasteiger partial charge in [0.1, 0.15) is 23.5 Å². The van der Waals surface area contributed by atoms with Crippen molar-refractivity contribution in [2.45, 2.75) is 109 Å². The molecule has 7 unspecified atom stereocenters. The molecule has 7 atom stereocenters. The number of aryl methyl sites for hydroxylation is 1. The van der Waals surface area contributed by atoms with Gasteiger partial charge in [0.2, 0.25) is 0 Å². The summed E-state index contributed by atoms with van der Waals surface area (Å²) in [5.74, 6) is -2.11. The van der Waals surface area contributed by atoms with Crippen LogP contribution in [-0.2, 0) is 30.2 Å². The van der Waals surface area contributed by atoms with E-state index in [4.69, 9.17) is 18.9 Å². The molecule has 0 aromatic heterocycles. The predicted molar refractivity (Wildman–Crippen MR) is 145 cm³/mol. The second-order valence-corrected chi connectivity index (χ2v) is 13.8. The molecule has 2 fully saturated rings. The van der Waals surface area contributed by atoms with E-state index in [0.29, 0.717) is 37.0 Å². The van der Waals surface area contributed by atoms with Crippen LogP contribution >= 0.6 is 0 Å². The van der Waals surface area contributed by atoms with Gasteiger partial charge in [-0.15, -0.1) is 0 Å². The maximum atomic E-state index is 12.8. The van der Waals surface area contributed by atoms with Crippen LogP contribution < -0.4 is 4.74 Å². The van der Waals surface area contributed by atoms with E-state index in [1.54, 1.807) is 19.1 Å². The van der Waals surface area contributed by atoms with E-state index in [-0.39, 0.29) is 29.4 Å². The lowest BCUT2D eigenvalue weighted by Gasteiger charge is -2.57. The van der Waals surface area contributed by atoms with E-state index in [9.17, 15) is 19.8 Å². The largest absolute Gasteiger partial charge is 0.508 e. The van der Waals surface area contributed by atoms with Crippen LogP contribution in [0.1, 0.15) is 77.8 Å². The van der Waals surface area contributed by atoms with Gasteiger partial charge in [0.15, 0.2) is 5.60 Å². The Hall–Kier alpha value is -2.84. The number of rotatable bonds is 0. The van der Waals surface area contributed by atoms with Crippen LogP contribution in [0.15, 0.2) is 35.9 Å². The summed E-state index contributed by atoms with van der Waals surface area (Å²) in [7, 11) is 0. The molecule has 216 valence electrons. The molecule has 0 bridgehead atoms. The lowest BCUT2D eigenvalue weighted by molar-refractivity contribution is -0.352. The third-order valence-electron chi connectivity index (χ3n) is 10.4. The second-order valence-electron chi connectivity index (χ2n) is 13.8. The Bertz CT molecular complexity index is 1340. The van der Waals surface area contributed by atoms with Crippen molar-refractivity contribution in [3.63, 3.8) is 0 Å². The van der Waals surface area contributed by atoms with Crippen molar-refractivity contribution in [2.24, 2.45) is 17.3 Å². The first kappa shape index (κ1) is 27.3. The number of allylic oxidation sites excluding steroid dienone is 1. The van der Waals surface area contributed by atoms with E-state index in [1.165, 1.54) is 6.08 Å². The fraction of sp³-hybridized carbons (Fsp3) is 0.625. The van der Waals surface area contributed by atoms with Gasteiger partial charge in [-0.2, -0.15) is 0 Å². The summed E-state index contributed by atoms with van der Waals surface area (Å²) in [5.41, 5.74) is -0.654. The number of aliphatic hydroxyl groups is 1. The van der Waals surface area contributed by atoms with Gasteiger partial charge < -0.3 is 29.2 Å². The molecule has 0 radical (unpaired) electrons. The molecule has 6 rings (SSSR count). The van der Waals surface area contributed by atoms with Crippen molar-refractivity contribution < 1.29 is 38.7 Å². The molecule has 5 aliphatic rings. The second kappa shape index (κ2) is 8.58. The van der Waals surface area contributed by atoms with Crippen molar-refractivity contribution in [2.75, 3.05) is 0 Å². The maximum Gasteiger partial charge on any atom is 0.333 e. The zero-order chi connectivity index (χ0) is 28.9. The van der Waals surface area contributed by atoms with Gasteiger partial charge in [0.25, 0.3) is 5.79 Å². The molecule has 1 aliphatic carbocycles. The summed E-state index contributed by atoms with van der Waals surface area (Å²) in [6.45, 7) is 12.1. The molecule has 0 saturated carbocycles. The lowest BCUT2D eigenvalue weighted by Crippen LogP contribution is -2.68. The number of ether oxygens (including phenoxy) is 4. The summed E-state index contributed by atoms with van der Waals surface area (Å²) >= 11 is 0. The fourth-order valence-corrected chi connectivity index (χ4v) is 8.01. The highest BCUT2D eigenvalue weighted by Gasteiger charge is 2.73. The smallest absolute Gasteiger partial charge is 0.333 e. The number of phenols is 1. The van der Waals surface area contributed by atoms with E-state index < -0.39 is 40.6 Å². The zero-order valence-electron chi connectivity index (χ0n) is 24.2. The van der Waals surface area contributed by atoms with Crippen LogP contribution in [-0.4, -0.2) is 50.8 Å². The molecule has 2 N–H and O–H groups in total. The van der Waals surface area contributed by atoms with Crippen molar-refractivity contribution >= 4 is 11.9 Å². The number of carbonyl (C=O) groups is 2. The summed E-state index contributed by atoms with van der Waals surface area (Å²) < 4.78 is 25.2. The molecule has 8 heteroatoms.